The van der Waals surface area contributed by atoms with Crippen LogP contribution in [0.25, 0.3) is 11.0 Å². The average Bonchev–Trinajstić information content (AvgIpc) is 3.20. The van der Waals surface area contributed by atoms with E-state index in [9.17, 15) is 4.21 Å². The summed E-state index contributed by atoms with van der Waals surface area (Å²) in [6.07, 6.45) is 1.66. The Morgan fingerprint density at radius 2 is 1.97 bits per heavy atom. The Bertz CT molecular complexity index is 1090. The Hall–Kier alpha value is -1.49. The number of rotatable bonds is 7. The third kappa shape index (κ3) is 5.70. The molecule has 1 saturated heterocycles. The Balaban J connectivity index is 0.00000289. The van der Waals surface area contributed by atoms with E-state index in [1.54, 1.807) is 19.4 Å². The molecule has 0 bridgehead atoms. The van der Waals surface area contributed by atoms with E-state index in [0.29, 0.717) is 48.0 Å². The van der Waals surface area contributed by atoms with Crippen LogP contribution in [0.3, 0.4) is 0 Å². The molecule has 4 rings (SSSR count). The van der Waals surface area contributed by atoms with E-state index in [2.05, 4.69) is 15.0 Å². The molecule has 1 aliphatic heterocycles. The van der Waals surface area contributed by atoms with Crippen LogP contribution in [0.4, 0.5) is 0 Å². The van der Waals surface area contributed by atoms with Gasteiger partial charge >= 0.3 is 29.6 Å². The number of para-hydroxylation sites is 1. The molecule has 0 amide bonds. The third-order valence-electron chi connectivity index (χ3n) is 5.16. The van der Waals surface area contributed by atoms with Crippen molar-refractivity contribution in [3.8, 4) is 11.5 Å². The number of imidazole rings is 1. The minimum absolute atomic E-state index is 0. The van der Waals surface area contributed by atoms with Crippen LogP contribution in [0.1, 0.15) is 25.1 Å². The largest absolute Gasteiger partial charge is 1.00 e. The minimum Gasteiger partial charge on any atom is -0.497 e. The van der Waals surface area contributed by atoms with Gasteiger partial charge in [0.1, 0.15) is 11.5 Å². The number of hydrogen-bond acceptors (Lipinski definition) is 7. The Kier molecular flexibility index (Phi) is 8.35. The van der Waals surface area contributed by atoms with E-state index in [-0.39, 0.29) is 46.4 Å². The summed E-state index contributed by atoms with van der Waals surface area (Å²) in [4.78, 5) is 13.2. The maximum atomic E-state index is 12.9. The van der Waals surface area contributed by atoms with Gasteiger partial charge < -0.3 is 28.9 Å². The van der Waals surface area contributed by atoms with Crippen molar-refractivity contribution in [2.75, 3.05) is 26.9 Å². The van der Waals surface area contributed by atoms with Gasteiger partial charge in [-0.2, -0.15) is 0 Å². The second-order valence-electron chi connectivity index (χ2n) is 7.90. The summed E-state index contributed by atoms with van der Waals surface area (Å²) in [6, 6.07) is 7.27. The second-order valence-corrected chi connectivity index (χ2v) is 9.25. The Labute approximate surface area is 212 Å². The zero-order valence-corrected chi connectivity index (χ0v) is 21.9. The number of fused-ring (bicyclic) bond motifs is 1. The number of methoxy groups -OCH3 is 1. The predicted octanol–water partition coefficient (Wildman–Crippen LogP) is -0.00628. The van der Waals surface area contributed by atoms with Crippen LogP contribution in [0, 0.1) is 12.8 Å². The zero-order chi connectivity index (χ0) is 22.0. The average molecular weight is 468 g/mol. The Morgan fingerprint density at radius 3 is 2.69 bits per heavy atom. The standard InChI is InChI=1S/C22H26N3O5S.Na/c1-14-17(13-31(26)21-24-16-6-5-7-19(27-4)20(16)25-21)23-9-8-18(14)28-10-15-11-29-22(2,3)30-12-15;/h5-9,15H,10-13H2,1-4H3;/q-1;+1. The molecule has 1 aliphatic rings. The fraction of sp³-hybridized carbons (Fsp3) is 0.455. The van der Waals surface area contributed by atoms with Crippen LogP contribution in [-0.2, 0) is 26.0 Å². The molecule has 0 N–H and O–H groups in total. The molecule has 0 radical (unpaired) electrons. The summed E-state index contributed by atoms with van der Waals surface area (Å²) >= 11 is 0. The molecular formula is C22H26N3NaO5S. The van der Waals surface area contributed by atoms with Crippen molar-refractivity contribution in [2.45, 2.75) is 37.5 Å². The summed E-state index contributed by atoms with van der Waals surface area (Å²) in [6.45, 7) is 7.36. The van der Waals surface area contributed by atoms with Gasteiger partial charge in [-0.25, -0.2) is 0 Å². The van der Waals surface area contributed by atoms with Crippen molar-refractivity contribution in [1.82, 2.24) is 15.0 Å². The number of benzene rings is 1. The van der Waals surface area contributed by atoms with Gasteiger partial charge in [0, 0.05) is 28.4 Å². The van der Waals surface area contributed by atoms with Gasteiger partial charge in [0.25, 0.3) is 0 Å². The van der Waals surface area contributed by atoms with Crippen molar-refractivity contribution < 1.29 is 52.7 Å². The fourth-order valence-electron chi connectivity index (χ4n) is 3.28. The van der Waals surface area contributed by atoms with Crippen LogP contribution in [0.5, 0.6) is 11.5 Å². The van der Waals surface area contributed by atoms with Crippen molar-refractivity contribution >= 4 is 21.8 Å². The number of pyridine rings is 1. The quantitative estimate of drug-likeness (QED) is 0.448. The molecule has 1 unspecified atom stereocenters. The predicted molar refractivity (Wildman–Crippen MR) is 116 cm³/mol. The molecule has 0 spiro atoms. The zero-order valence-electron chi connectivity index (χ0n) is 19.1. The summed E-state index contributed by atoms with van der Waals surface area (Å²) in [5.41, 5.74) is 2.80. The molecule has 10 heteroatoms. The first-order valence-electron chi connectivity index (χ1n) is 10.1. The maximum Gasteiger partial charge on any atom is 1.00 e. The molecule has 3 aromatic rings. The third-order valence-corrected chi connectivity index (χ3v) is 6.28. The minimum atomic E-state index is -1.45. The van der Waals surface area contributed by atoms with Gasteiger partial charge in [-0.3, -0.25) is 9.19 Å². The van der Waals surface area contributed by atoms with Crippen molar-refractivity contribution in [3.63, 3.8) is 0 Å². The van der Waals surface area contributed by atoms with Crippen LogP contribution >= 0.6 is 0 Å². The number of ether oxygens (including phenoxy) is 4. The van der Waals surface area contributed by atoms with Crippen molar-refractivity contribution in [2.24, 2.45) is 5.92 Å². The first-order chi connectivity index (χ1) is 14.9. The van der Waals surface area contributed by atoms with Gasteiger partial charge in [0.15, 0.2) is 5.79 Å². The van der Waals surface area contributed by atoms with Crippen LogP contribution < -0.4 is 44.0 Å². The Morgan fingerprint density at radius 1 is 1.22 bits per heavy atom. The van der Waals surface area contributed by atoms with E-state index in [1.165, 1.54) is 0 Å². The molecule has 0 aliphatic carbocycles. The van der Waals surface area contributed by atoms with Crippen molar-refractivity contribution in [3.05, 3.63) is 41.7 Å². The molecule has 2 aromatic heterocycles. The molecular weight excluding hydrogens is 441 g/mol. The SMILES string of the molecule is COc1cccc2[n-]c(S(=O)Cc3nccc(OCC4COC(C)(C)OC4)c3C)nc12.[Na+]. The van der Waals surface area contributed by atoms with Gasteiger partial charge in [-0.15, -0.1) is 0 Å². The molecule has 1 atom stereocenters. The monoisotopic (exact) mass is 467 g/mol. The summed E-state index contributed by atoms with van der Waals surface area (Å²) in [7, 11) is 0.126. The van der Waals surface area contributed by atoms with E-state index < -0.39 is 16.6 Å². The topological polar surface area (TPSA) is 93.9 Å². The number of nitrogens with zero attached hydrogens (tertiary/aromatic N) is 3. The molecule has 8 nitrogen and oxygen atoms in total. The normalized spacial score (nSPS) is 17.0. The molecule has 166 valence electrons. The molecule has 32 heavy (non-hydrogen) atoms. The van der Waals surface area contributed by atoms with E-state index >= 15 is 0 Å². The first-order valence-corrected chi connectivity index (χ1v) is 11.4. The summed E-state index contributed by atoms with van der Waals surface area (Å²) in [5, 5.41) is 0.270. The van der Waals surface area contributed by atoms with Gasteiger partial charge in [-0.1, -0.05) is 12.1 Å². The van der Waals surface area contributed by atoms with Crippen LogP contribution in [0.2, 0.25) is 0 Å². The van der Waals surface area contributed by atoms with Crippen LogP contribution in [-0.4, -0.2) is 46.9 Å². The summed E-state index contributed by atoms with van der Waals surface area (Å²) < 4.78 is 35.6. The van der Waals surface area contributed by atoms with Crippen molar-refractivity contribution in [1.29, 1.82) is 0 Å². The maximum absolute atomic E-state index is 12.9. The summed E-state index contributed by atoms with van der Waals surface area (Å²) in [5.74, 6) is 1.13. The molecule has 0 saturated carbocycles. The smallest absolute Gasteiger partial charge is 0.497 e. The van der Waals surface area contributed by atoms with E-state index in [1.807, 2.05) is 39.0 Å². The molecule has 1 fully saturated rings. The van der Waals surface area contributed by atoms with Gasteiger partial charge in [0.05, 0.1) is 49.2 Å². The van der Waals surface area contributed by atoms with E-state index in [4.69, 9.17) is 18.9 Å². The van der Waals surface area contributed by atoms with Gasteiger partial charge in [-0.05, 0) is 38.4 Å². The number of aromatic nitrogens is 3. The second kappa shape index (κ2) is 10.6. The molecule has 3 heterocycles. The number of hydrogen-bond donors (Lipinski definition) is 0. The fourth-order valence-corrected chi connectivity index (χ4v) is 4.35. The first kappa shape index (κ1) is 25.1. The molecule has 1 aromatic carbocycles. The van der Waals surface area contributed by atoms with Crippen LogP contribution in [0.15, 0.2) is 35.6 Å². The van der Waals surface area contributed by atoms with Gasteiger partial charge in [0.2, 0.25) is 0 Å². The van der Waals surface area contributed by atoms with E-state index in [0.717, 1.165) is 5.56 Å².